The second kappa shape index (κ2) is 7.80. The second-order valence-corrected chi connectivity index (χ2v) is 5.91. The molecule has 1 aliphatic heterocycles. The minimum absolute atomic E-state index is 0.000103. The number of hydrogen-bond acceptors (Lipinski definition) is 5. The number of benzene rings is 1. The Morgan fingerprint density at radius 3 is 2.56 bits per heavy atom. The van der Waals surface area contributed by atoms with Crippen molar-refractivity contribution in [3.05, 3.63) is 58.5 Å². The maximum atomic E-state index is 12.1. The van der Waals surface area contributed by atoms with Crippen LogP contribution in [0.4, 0.5) is 16.2 Å². The first-order valence-electron chi connectivity index (χ1n) is 8.20. The molecule has 132 valence electrons. The maximum Gasteiger partial charge on any atom is 0.319 e. The van der Waals surface area contributed by atoms with Gasteiger partial charge in [-0.2, -0.15) is 0 Å². The van der Waals surface area contributed by atoms with Gasteiger partial charge in [-0.3, -0.25) is 15.0 Å². The molecule has 2 amide bonds. The molecule has 0 radical (unpaired) electrons. The molecular formula is C17H20N4O4. The van der Waals surface area contributed by atoms with Crippen LogP contribution in [-0.4, -0.2) is 35.5 Å². The first-order chi connectivity index (χ1) is 12.1. The number of non-ortho nitro benzene ring substituents is 1. The van der Waals surface area contributed by atoms with Crippen LogP contribution in [0.2, 0.25) is 0 Å². The Kier molecular flexibility index (Phi) is 5.30. The van der Waals surface area contributed by atoms with E-state index in [1.165, 1.54) is 24.3 Å². The molecular weight excluding hydrogens is 324 g/mol. The number of carbonyl (C=O) groups is 1. The van der Waals surface area contributed by atoms with Gasteiger partial charge in [0.1, 0.15) is 5.76 Å². The van der Waals surface area contributed by atoms with E-state index in [1.54, 1.807) is 6.26 Å². The Hall–Kier alpha value is -2.87. The fourth-order valence-electron chi connectivity index (χ4n) is 2.97. The minimum atomic E-state index is -0.478. The number of urea groups is 1. The van der Waals surface area contributed by atoms with Crippen molar-refractivity contribution in [3.63, 3.8) is 0 Å². The Labute approximate surface area is 145 Å². The van der Waals surface area contributed by atoms with Gasteiger partial charge in [0.25, 0.3) is 5.69 Å². The van der Waals surface area contributed by atoms with Gasteiger partial charge in [-0.1, -0.05) is 0 Å². The van der Waals surface area contributed by atoms with Crippen molar-refractivity contribution in [2.75, 3.05) is 25.0 Å². The third kappa shape index (κ3) is 4.36. The van der Waals surface area contributed by atoms with Gasteiger partial charge in [0, 0.05) is 24.4 Å². The van der Waals surface area contributed by atoms with Crippen molar-refractivity contribution in [1.82, 2.24) is 10.2 Å². The number of anilines is 1. The molecule has 2 aromatic rings. The van der Waals surface area contributed by atoms with E-state index in [2.05, 4.69) is 15.5 Å². The van der Waals surface area contributed by atoms with Crippen LogP contribution in [0.25, 0.3) is 0 Å². The summed E-state index contributed by atoms with van der Waals surface area (Å²) in [5, 5.41) is 16.2. The first-order valence-corrected chi connectivity index (χ1v) is 8.20. The summed E-state index contributed by atoms with van der Waals surface area (Å²) < 4.78 is 5.52. The lowest BCUT2D eigenvalue weighted by Gasteiger charge is -2.26. The van der Waals surface area contributed by atoms with Crippen LogP contribution in [0.1, 0.15) is 24.6 Å². The molecule has 1 unspecified atom stereocenters. The van der Waals surface area contributed by atoms with Crippen molar-refractivity contribution in [3.8, 4) is 0 Å². The molecule has 1 atom stereocenters. The van der Waals surface area contributed by atoms with E-state index in [-0.39, 0.29) is 17.8 Å². The molecule has 25 heavy (non-hydrogen) atoms. The molecule has 1 saturated heterocycles. The molecule has 0 aliphatic carbocycles. The number of likely N-dealkylation sites (tertiary alicyclic amines) is 1. The van der Waals surface area contributed by atoms with E-state index in [0.29, 0.717) is 12.2 Å². The zero-order valence-corrected chi connectivity index (χ0v) is 13.7. The van der Waals surface area contributed by atoms with E-state index in [4.69, 9.17) is 4.42 Å². The van der Waals surface area contributed by atoms with E-state index in [1.807, 2.05) is 12.1 Å². The number of rotatable bonds is 6. The zero-order valence-electron chi connectivity index (χ0n) is 13.7. The van der Waals surface area contributed by atoms with Gasteiger partial charge in [-0.05, 0) is 50.2 Å². The van der Waals surface area contributed by atoms with Gasteiger partial charge in [0.15, 0.2) is 0 Å². The van der Waals surface area contributed by atoms with Crippen LogP contribution < -0.4 is 10.6 Å². The largest absolute Gasteiger partial charge is 0.468 e. The third-order valence-electron chi connectivity index (χ3n) is 4.24. The monoisotopic (exact) mass is 344 g/mol. The van der Waals surface area contributed by atoms with E-state index < -0.39 is 4.92 Å². The summed E-state index contributed by atoms with van der Waals surface area (Å²) in [5.41, 5.74) is 0.483. The molecule has 2 heterocycles. The fraction of sp³-hybridized carbons (Fsp3) is 0.353. The van der Waals surface area contributed by atoms with Crippen LogP contribution in [0, 0.1) is 10.1 Å². The summed E-state index contributed by atoms with van der Waals surface area (Å²) >= 11 is 0. The molecule has 8 heteroatoms. The fourth-order valence-corrected chi connectivity index (χ4v) is 2.97. The molecule has 1 aromatic carbocycles. The van der Waals surface area contributed by atoms with Gasteiger partial charge in [-0.15, -0.1) is 0 Å². The number of carbonyl (C=O) groups excluding carboxylic acids is 1. The van der Waals surface area contributed by atoms with Gasteiger partial charge in [0.05, 0.1) is 17.2 Å². The van der Waals surface area contributed by atoms with Crippen LogP contribution in [0.5, 0.6) is 0 Å². The highest BCUT2D eigenvalue weighted by Gasteiger charge is 2.25. The third-order valence-corrected chi connectivity index (χ3v) is 4.24. The number of furan rings is 1. The lowest BCUT2D eigenvalue weighted by molar-refractivity contribution is -0.384. The van der Waals surface area contributed by atoms with E-state index in [0.717, 1.165) is 31.7 Å². The first kappa shape index (κ1) is 17.0. The summed E-state index contributed by atoms with van der Waals surface area (Å²) in [5.74, 6) is 0.831. The Morgan fingerprint density at radius 2 is 1.96 bits per heavy atom. The van der Waals surface area contributed by atoms with Crippen LogP contribution in [0.3, 0.4) is 0 Å². The van der Waals surface area contributed by atoms with Crippen LogP contribution >= 0.6 is 0 Å². The molecule has 8 nitrogen and oxygen atoms in total. The molecule has 0 bridgehead atoms. The number of nitrogens with zero attached hydrogens (tertiary/aromatic N) is 2. The number of nitro benzene ring substituents is 1. The Bertz CT molecular complexity index is 709. The molecule has 1 aliphatic rings. The number of nitro groups is 1. The average molecular weight is 344 g/mol. The SMILES string of the molecule is O=C(NCC(c1ccco1)N1CCCC1)Nc1ccc([N+](=O)[O-])cc1. The smallest absolute Gasteiger partial charge is 0.319 e. The van der Waals surface area contributed by atoms with Crippen LogP contribution in [0.15, 0.2) is 47.1 Å². The summed E-state index contributed by atoms with van der Waals surface area (Å²) in [6.07, 6.45) is 3.92. The summed E-state index contributed by atoms with van der Waals surface area (Å²) in [6.45, 7) is 2.39. The minimum Gasteiger partial charge on any atom is -0.468 e. The predicted molar refractivity (Wildman–Crippen MR) is 92.4 cm³/mol. The number of amides is 2. The standard InChI is InChI=1S/C17H20N4O4/c22-17(19-13-5-7-14(8-6-13)21(23)24)18-12-15(16-4-3-11-25-16)20-9-1-2-10-20/h3-8,11,15H,1-2,9-10,12H2,(H2,18,19,22). The molecule has 0 saturated carbocycles. The Balaban J connectivity index is 1.57. The molecule has 0 spiro atoms. The normalized spacial score (nSPS) is 15.7. The maximum absolute atomic E-state index is 12.1. The summed E-state index contributed by atoms with van der Waals surface area (Å²) in [4.78, 5) is 24.6. The summed E-state index contributed by atoms with van der Waals surface area (Å²) in [7, 11) is 0. The highest BCUT2D eigenvalue weighted by Crippen LogP contribution is 2.25. The van der Waals surface area contributed by atoms with Crippen molar-refractivity contribution in [2.24, 2.45) is 0 Å². The topological polar surface area (TPSA) is 101 Å². The second-order valence-electron chi connectivity index (χ2n) is 5.91. The van der Waals surface area contributed by atoms with Crippen molar-refractivity contribution in [1.29, 1.82) is 0 Å². The van der Waals surface area contributed by atoms with Gasteiger partial charge >= 0.3 is 6.03 Å². The lowest BCUT2D eigenvalue weighted by atomic mass is 10.2. The van der Waals surface area contributed by atoms with Crippen molar-refractivity contribution >= 4 is 17.4 Å². The highest BCUT2D eigenvalue weighted by molar-refractivity contribution is 5.89. The molecule has 3 rings (SSSR count). The van der Waals surface area contributed by atoms with Gasteiger partial charge < -0.3 is 15.1 Å². The van der Waals surface area contributed by atoms with Crippen LogP contribution in [-0.2, 0) is 0 Å². The van der Waals surface area contributed by atoms with Gasteiger partial charge in [-0.25, -0.2) is 4.79 Å². The number of nitrogens with one attached hydrogen (secondary N) is 2. The van der Waals surface area contributed by atoms with Gasteiger partial charge in [0.2, 0.25) is 0 Å². The highest BCUT2D eigenvalue weighted by atomic mass is 16.6. The predicted octanol–water partition coefficient (Wildman–Crippen LogP) is 3.15. The number of hydrogen-bond donors (Lipinski definition) is 2. The lowest BCUT2D eigenvalue weighted by Crippen LogP contribution is -2.38. The molecule has 1 aromatic heterocycles. The zero-order chi connectivity index (χ0) is 17.6. The Morgan fingerprint density at radius 1 is 1.24 bits per heavy atom. The molecule has 1 fully saturated rings. The van der Waals surface area contributed by atoms with E-state index in [9.17, 15) is 14.9 Å². The van der Waals surface area contributed by atoms with E-state index >= 15 is 0 Å². The quantitative estimate of drug-likeness (QED) is 0.619. The molecule has 2 N–H and O–H groups in total. The van der Waals surface area contributed by atoms with Crippen molar-refractivity contribution < 1.29 is 14.1 Å². The summed E-state index contributed by atoms with van der Waals surface area (Å²) in [6, 6.07) is 9.11. The average Bonchev–Trinajstić information content (AvgIpc) is 3.29. The van der Waals surface area contributed by atoms with Crippen molar-refractivity contribution in [2.45, 2.75) is 18.9 Å².